The van der Waals surface area contributed by atoms with E-state index in [2.05, 4.69) is 45.3 Å². The monoisotopic (exact) mass is 261 g/mol. The fourth-order valence-electron chi connectivity index (χ4n) is 3.86. The minimum atomic E-state index is 0.391. The Morgan fingerprint density at radius 2 is 1.68 bits per heavy atom. The molecule has 0 aromatic heterocycles. The van der Waals surface area contributed by atoms with Crippen molar-refractivity contribution in [3.05, 3.63) is 28.8 Å². The second-order valence-electron chi connectivity index (χ2n) is 6.27. The summed E-state index contributed by atoms with van der Waals surface area (Å²) >= 11 is 0. The zero-order valence-corrected chi connectivity index (χ0v) is 13.0. The molecular weight excluding hydrogens is 234 g/mol. The Balaban J connectivity index is 2.39. The van der Waals surface area contributed by atoms with Crippen LogP contribution in [0, 0.1) is 19.3 Å². The summed E-state index contributed by atoms with van der Waals surface area (Å²) in [7, 11) is 3.84. The lowest BCUT2D eigenvalue weighted by molar-refractivity contribution is 0.233. The van der Waals surface area contributed by atoms with Gasteiger partial charge < -0.3 is 10.1 Å². The highest BCUT2D eigenvalue weighted by molar-refractivity contribution is 5.44. The van der Waals surface area contributed by atoms with Gasteiger partial charge in [-0.05, 0) is 55.8 Å². The lowest BCUT2D eigenvalue weighted by Gasteiger charge is -2.35. The second kappa shape index (κ2) is 5.54. The van der Waals surface area contributed by atoms with Crippen molar-refractivity contribution in [1.29, 1.82) is 0 Å². The minimum Gasteiger partial charge on any atom is -0.496 e. The molecule has 0 bridgehead atoms. The molecule has 1 saturated carbocycles. The average Bonchev–Trinajstić information content (AvgIpc) is 2.77. The predicted octanol–water partition coefficient (Wildman–Crippen LogP) is 4.15. The number of benzene rings is 1. The molecule has 0 radical (unpaired) electrons. The second-order valence-corrected chi connectivity index (χ2v) is 6.27. The molecule has 2 nitrogen and oxygen atoms in total. The fourth-order valence-corrected chi connectivity index (χ4v) is 3.86. The molecule has 1 atom stereocenters. The zero-order chi connectivity index (χ0) is 14.0. The normalized spacial score (nSPS) is 19.4. The summed E-state index contributed by atoms with van der Waals surface area (Å²) in [6, 6.07) is 5.02. The molecule has 1 aromatic rings. The first-order valence-corrected chi connectivity index (χ1v) is 7.34. The maximum absolute atomic E-state index is 5.47. The third kappa shape index (κ3) is 2.64. The quantitative estimate of drug-likeness (QED) is 0.879. The first-order chi connectivity index (χ1) is 9.01. The van der Waals surface area contributed by atoms with Crippen LogP contribution >= 0.6 is 0 Å². The van der Waals surface area contributed by atoms with Crippen molar-refractivity contribution >= 4 is 0 Å². The highest BCUT2D eigenvalue weighted by Gasteiger charge is 2.37. The first kappa shape index (κ1) is 14.4. The van der Waals surface area contributed by atoms with E-state index >= 15 is 0 Å². The van der Waals surface area contributed by atoms with E-state index in [1.54, 1.807) is 7.11 Å². The van der Waals surface area contributed by atoms with Gasteiger partial charge in [-0.25, -0.2) is 0 Å². The summed E-state index contributed by atoms with van der Waals surface area (Å²) in [6.45, 7) is 6.70. The van der Waals surface area contributed by atoms with E-state index in [0.29, 0.717) is 11.5 Å². The maximum atomic E-state index is 5.47. The van der Waals surface area contributed by atoms with Crippen LogP contribution in [-0.2, 0) is 0 Å². The van der Waals surface area contributed by atoms with Crippen molar-refractivity contribution in [3.63, 3.8) is 0 Å². The predicted molar refractivity (Wildman–Crippen MR) is 80.8 cm³/mol. The molecule has 0 aliphatic heterocycles. The molecule has 1 aliphatic rings. The van der Waals surface area contributed by atoms with Crippen molar-refractivity contribution in [1.82, 2.24) is 5.32 Å². The number of nitrogens with one attached hydrogen (secondary N) is 1. The fraction of sp³-hybridized carbons (Fsp3) is 0.647. The van der Waals surface area contributed by atoms with E-state index < -0.39 is 0 Å². The van der Waals surface area contributed by atoms with Crippen LogP contribution < -0.4 is 10.1 Å². The number of aryl methyl sites for hydroxylation is 2. The highest BCUT2D eigenvalue weighted by atomic mass is 16.5. The molecule has 0 spiro atoms. The van der Waals surface area contributed by atoms with Crippen LogP contribution in [0.3, 0.4) is 0 Å². The summed E-state index contributed by atoms with van der Waals surface area (Å²) in [5.41, 5.74) is 4.27. The van der Waals surface area contributed by atoms with Crippen molar-refractivity contribution in [2.75, 3.05) is 14.2 Å². The van der Waals surface area contributed by atoms with E-state index in [0.717, 1.165) is 5.75 Å². The molecule has 0 heterocycles. The van der Waals surface area contributed by atoms with Gasteiger partial charge in [0.15, 0.2) is 0 Å². The third-order valence-electron chi connectivity index (χ3n) is 4.75. The van der Waals surface area contributed by atoms with E-state index in [9.17, 15) is 0 Å². The van der Waals surface area contributed by atoms with Gasteiger partial charge in [0.05, 0.1) is 7.11 Å². The summed E-state index contributed by atoms with van der Waals surface area (Å²) < 4.78 is 5.47. The molecule has 1 unspecified atom stereocenters. The number of rotatable bonds is 4. The van der Waals surface area contributed by atoms with Gasteiger partial charge in [-0.2, -0.15) is 0 Å². The number of methoxy groups -OCH3 is 1. The van der Waals surface area contributed by atoms with Crippen LogP contribution in [0.2, 0.25) is 0 Å². The smallest absolute Gasteiger partial charge is 0.124 e. The number of hydrogen-bond acceptors (Lipinski definition) is 2. The lowest BCUT2D eigenvalue weighted by atomic mass is 9.76. The van der Waals surface area contributed by atoms with E-state index in [4.69, 9.17) is 4.74 Å². The van der Waals surface area contributed by atoms with Gasteiger partial charge in [0.1, 0.15) is 5.75 Å². The van der Waals surface area contributed by atoms with Crippen LogP contribution in [0.25, 0.3) is 0 Å². The Bertz CT molecular complexity index is 424. The lowest BCUT2D eigenvalue weighted by Crippen LogP contribution is -2.32. The maximum Gasteiger partial charge on any atom is 0.124 e. The molecule has 2 heteroatoms. The summed E-state index contributed by atoms with van der Waals surface area (Å²) in [4.78, 5) is 0. The Labute approximate surface area is 117 Å². The number of hydrogen-bond donors (Lipinski definition) is 1. The molecule has 0 saturated heterocycles. The molecule has 1 aromatic carbocycles. The van der Waals surface area contributed by atoms with Gasteiger partial charge in [0.2, 0.25) is 0 Å². The SMILES string of the molecule is CNC(c1cc(C)c(OC)c(C)c1)C1(C)CCCC1. The van der Waals surface area contributed by atoms with Crippen molar-refractivity contribution in [2.45, 2.75) is 52.5 Å². The topological polar surface area (TPSA) is 21.3 Å². The molecule has 1 fully saturated rings. The molecule has 106 valence electrons. The van der Waals surface area contributed by atoms with Gasteiger partial charge in [-0.1, -0.05) is 31.9 Å². The zero-order valence-electron chi connectivity index (χ0n) is 13.0. The van der Waals surface area contributed by atoms with Gasteiger partial charge in [-0.15, -0.1) is 0 Å². The molecule has 2 rings (SSSR count). The average molecular weight is 261 g/mol. The van der Waals surface area contributed by atoms with Gasteiger partial charge in [0.25, 0.3) is 0 Å². The molecule has 1 aliphatic carbocycles. The Hall–Kier alpha value is -1.02. The molecule has 1 N–H and O–H groups in total. The van der Waals surface area contributed by atoms with E-state index in [-0.39, 0.29) is 0 Å². The van der Waals surface area contributed by atoms with Gasteiger partial charge >= 0.3 is 0 Å². The summed E-state index contributed by atoms with van der Waals surface area (Å²) in [5, 5.41) is 3.55. The molecular formula is C17H27NO. The first-order valence-electron chi connectivity index (χ1n) is 7.34. The summed E-state index contributed by atoms with van der Waals surface area (Å²) in [5.74, 6) is 1.02. The van der Waals surface area contributed by atoms with Crippen LogP contribution in [0.4, 0.5) is 0 Å². The summed E-state index contributed by atoms with van der Waals surface area (Å²) in [6.07, 6.45) is 5.37. The Morgan fingerprint density at radius 1 is 1.16 bits per heavy atom. The van der Waals surface area contributed by atoms with E-state index in [1.807, 2.05) is 0 Å². The minimum absolute atomic E-state index is 0.391. The standard InChI is InChI=1S/C17H27NO/c1-12-10-14(11-13(2)15(12)19-5)16(18-4)17(3)8-6-7-9-17/h10-11,16,18H,6-9H2,1-5H3. The van der Waals surface area contributed by atoms with Gasteiger partial charge in [0, 0.05) is 6.04 Å². The third-order valence-corrected chi connectivity index (χ3v) is 4.75. The van der Waals surface area contributed by atoms with Crippen LogP contribution in [0.1, 0.15) is 55.3 Å². The van der Waals surface area contributed by atoms with Crippen LogP contribution in [0.15, 0.2) is 12.1 Å². The van der Waals surface area contributed by atoms with E-state index in [1.165, 1.54) is 42.4 Å². The Kier molecular flexibility index (Phi) is 4.19. The largest absolute Gasteiger partial charge is 0.496 e. The van der Waals surface area contributed by atoms with Gasteiger partial charge in [-0.3, -0.25) is 0 Å². The van der Waals surface area contributed by atoms with Crippen LogP contribution in [0.5, 0.6) is 5.75 Å². The number of ether oxygens (including phenoxy) is 1. The molecule has 19 heavy (non-hydrogen) atoms. The Morgan fingerprint density at radius 3 is 2.11 bits per heavy atom. The van der Waals surface area contributed by atoms with Crippen molar-refractivity contribution in [3.8, 4) is 5.75 Å². The highest BCUT2D eigenvalue weighted by Crippen LogP contribution is 2.47. The molecule has 0 amide bonds. The van der Waals surface area contributed by atoms with Crippen molar-refractivity contribution in [2.24, 2.45) is 5.41 Å². The van der Waals surface area contributed by atoms with Crippen molar-refractivity contribution < 1.29 is 4.74 Å². The van der Waals surface area contributed by atoms with Crippen LogP contribution in [-0.4, -0.2) is 14.2 Å².